The van der Waals surface area contributed by atoms with Gasteiger partial charge < -0.3 is 5.32 Å². The molecule has 3 rings (SSSR count). The van der Waals surface area contributed by atoms with Crippen LogP contribution in [0.15, 0.2) is 53.4 Å². The van der Waals surface area contributed by atoms with Crippen molar-refractivity contribution in [3.8, 4) is 0 Å². The number of carbonyl (C=O) groups excluding carboxylic acids is 2. The van der Waals surface area contributed by atoms with Crippen LogP contribution in [-0.4, -0.2) is 37.5 Å². The molecule has 0 unspecified atom stereocenters. The molecule has 1 N–H and O–H groups in total. The van der Waals surface area contributed by atoms with Crippen molar-refractivity contribution in [3.05, 3.63) is 65.2 Å². The second kappa shape index (κ2) is 8.88. The van der Waals surface area contributed by atoms with Gasteiger partial charge >= 0.3 is 0 Å². The largest absolute Gasteiger partial charge is 0.352 e. The Morgan fingerprint density at radius 2 is 1.76 bits per heavy atom. The van der Waals surface area contributed by atoms with Gasteiger partial charge in [-0.15, -0.1) is 0 Å². The summed E-state index contributed by atoms with van der Waals surface area (Å²) in [7, 11) is -3.68. The Bertz CT molecular complexity index is 1010. The summed E-state index contributed by atoms with van der Waals surface area (Å²) in [5.41, 5.74) is 2.57. The molecule has 0 aromatic heterocycles. The van der Waals surface area contributed by atoms with Gasteiger partial charge in [0.25, 0.3) is 0 Å². The first kappa shape index (κ1) is 21.2. The number of rotatable bonds is 6. The molecular weight excluding hydrogens is 388 g/mol. The van der Waals surface area contributed by atoms with Crippen LogP contribution < -0.4 is 5.32 Å². The van der Waals surface area contributed by atoms with Crippen molar-refractivity contribution in [1.29, 1.82) is 0 Å². The topological polar surface area (TPSA) is 83.6 Å². The van der Waals surface area contributed by atoms with E-state index in [0.717, 1.165) is 11.1 Å². The number of benzene rings is 2. The molecular formula is C22H26N2O4S. The summed E-state index contributed by atoms with van der Waals surface area (Å²) >= 11 is 0. The van der Waals surface area contributed by atoms with E-state index in [4.69, 9.17) is 0 Å². The Kier molecular flexibility index (Phi) is 6.49. The molecule has 1 fully saturated rings. The van der Waals surface area contributed by atoms with Crippen LogP contribution in [0.4, 0.5) is 0 Å². The maximum absolute atomic E-state index is 12.9. The lowest BCUT2D eigenvalue weighted by Crippen LogP contribution is -2.42. The number of nitrogens with zero attached hydrogens (tertiary/aromatic N) is 1. The van der Waals surface area contributed by atoms with Crippen LogP contribution in [0.1, 0.15) is 41.3 Å². The Morgan fingerprint density at radius 3 is 2.41 bits per heavy atom. The molecule has 7 heteroatoms. The third-order valence-corrected chi connectivity index (χ3v) is 7.31. The van der Waals surface area contributed by atoms with E-state index in [2.05, 4.69) is 5.32 Å². The van der Waals surface area contributed by atoms with Crippen LogP contribution in [0.3, 0.4) is 0 Å². The van der Waals surface area contributed by atoms with Crippen molar-refractivity contribution in [1.82, 2.24) is 9.62 Å². The summed E-state index contributed by atoms with van der Waals surface area (Å²) < 4.78 is 27.2. The van der Waals surface area contributed by atoms with E-state index >= 15 is 0 Å². The van der Waals surface area contributed by atoms with Gasteiger partial charge in [-0.05, 0) is 49.9 Å². The minimum absolute atomic E-state index is 0.0381. The minimum atomic E-state index is -3.68. The van der Waals surface area contributed by atoms with Crippen LogP contribution in [0.25, 0.3) is 0 Å². The fourth-order valence-electron chi connectivity index (χ4n) is 3.52. The van der Waals surface area contributed by atoms with Gasteiger partial charge in [0.2, 0.25) is 15.9 Å². The normalized spacial score (nSPS) is 15.8. The average molecular weight is 415 g/mol. The quantitative estimate of drug-likeness (QED) is 0.737. The smallest absolute Gasteiger partial charge is 0.243 e. The van der Waals surface area contributed by atoms with E-state index in [9.17, 15) is 18.0 Å². The molecule has 0 spiro atoms. The monoisotopic (exact) mass is 414 g/mol. The summed E-state index contributed by atoms with van der Waals surface area (Å²) in [5.74, 6) is -0.413. The minimum Gasteiger partial charge on any atom is -0.352 e. The SMILES string of the molecule is CC(=O)c1cccc(S(=O)(=O)N2CCC(C(=O)NCc3ccccc3C)CC2)c1. The lowest BCUT2D eigenvalue weighted by molar-refractivity contribution is -0.126. The highest BCUT2D eigenvalue weighted by Crippen LogP contribution is 2.25. The Balaban J connectivity index is 1.59. The number of Topliss-reactive ketones (excluding diaryl/α,β-unsaturated/α-hetero) is 1. The Morgan fingerprint density at radius 1 is 1.07 bits per heavy atom. The van der Waals surface area contributed by atoms with Crippen LogP contribution in [0.5, 0.6) is 0 Å². The van der Waals surface area contributed by atoms with Crippen molar-refractivity contribution in [3.63, 3.8) is 0 Å². The van der Waals surface area contributed by atoms with Gasteiger partial charge in [0.1, 0.15) is 0 Å². The van der Waals surface area contributed by atoms with Crippen molar-refractivity contribution in [2.75, 3.05) is 13.1 Å². The second-order valence-electron chi connectivity index (χ2n) is 7.41. The molecule has 1 aliphatic rings. The van der Waals surface area contributed by atoms with Crippen molar-refractivity contribution in [2.45, 2.75) is 38.1 Å². The number of ketones is 1. The number of aryl methyl sites for hydroxylation is 1. The summed E-state index contributed by atoms with van der Waals surface area (Å²) in [6, 6.07) is 14.0. The van der Waals surface area contributed by atoms with E-state index in [0.29, 0.717) is 24.9 Å². The van der Waals surface area contributed by atoms with E-state index in [1.807, 2.05) is 31.2 Å². The molecule has 6 nitrogen and oxygen atoms in total. The predicted octanol–water partition coefficient (Wildman–Crippen LogP) is 2.91. The van der Waals surface area contributed by atoms with Crippen LogP contribution in [-0.2, 0) is 21.4 Å². The Hall–Kier alpha value is -2.51. The standard InChI is InChI=1S/C22H26N2O4S/c1-16-6-3-4-7-20(16)15-23-22(26)18-10-12-24(13-11-18)29(27,28)21-9-5-8-19(14-21)17(2)25/h3-9,14,18H,10-13,15H2,1-2H3,(H,23,26). The third kappa shape index (κ3) is 4.92. The zero-order valence-electron chi connectivity index (χ0n) is 16.7. The zero-order chi connectivity index (χ0) is 21.0. The molecule has 0 aliphatic carbocycles. The third-order valence-electron chi connectivity index (χ3n) is 5.42. The lowest BCUT2D eigenvalue weighted by atomic mass is 9.97. The van der Waals surface area contributed by atoms with Gasteiger partial charge in [0, 0.05) is 31.1 Å². The maximum Gasteiger partial charge on any atom is 0.243 e. The first-order chi connectivity index (χ1) is 13.8. The molecule has 0 bridgehead atoms. The number of sulfonamides is 1. The zero-order valence-corrected chi connectivity index (χ0v) is 17.5. The summed E-state index contributed by atoms with van der Waals surface area (Å²) in [5, 5.41) is 2.97. The highest BCUT2D eigenvalue weighted by molar-refractivity contribution is 7.89. The number of hydrogen-bond acceptors (Lipinski definition) is 4. The molecule has 1 saturated heterocycles. The number of carbonyl (C=O) groups is 2. The fraction of sp³-hybridized carbons (Fsp3) is 0.364. The molecule has 154 valence electrons. The maximum atomic E-state index is 12.9. The van der Waals surface area contributed by atoms with E-state index in [1.165, 1.54) is 23.4 Å². The van der Waals surface area contributed by atoms with Gasteiger partial charge in [-0.2, -0.15) is 4.31 Å². The molecule has 0 saturated carbocycles. The first-order valence-corrected chi connectivity index (χ1v) is 11.2. The highest BCUT2D eigenvalue weighted by Gasteiger charge is 2.32. The van der Waals surface area contributed by atoms with Gasteiger partial charge in [-0.3, -0.25) is 9.59 Å². The van der Waals surface area contributed by atoms with Gasteiger partial charge in [0.05, 0.1) is 4.90 Å². The van der Waals surface area contributed by atoms with Crippen molar-refractivity contribution < 1.29 is 18.0 Å². The molecule has 1 heterocycles. The number of hydrogen-bond donors (Lipinski definition) is 1. The van der Waals surface area contributed by atoms with E-state index < -0.39 is 10.0 Å². The molecule has 2 aromatic carbocycles. The molecule has 0 radical (unpaired) electrons. The predicted molar refractivity (Wildman–Crippen MR) is 111 cm³/mol. The summed E-state index contributed by atoms with van der Waals surface area (Å²) in [4.78, 5) is 24.2. The molecule has 1 aliphatic heterocycles. The van der Waals surface area contributed by atoms with Gasteiger partial charge in [0.15, 0.2) is 5.78 Å². The van der Waals surface area contributed by atoms with E-state index in [-0.39, 0.29) is 35.6 Å². The molecule has 0 atom stereocenters. The number of amides is 1. The van der Waals surface area contributed by atoms with Gasteiger partial charge in [-0.25, -0.2) is 8.42 Å². The summed E-state index contributed by atoms with van der Waals surface area (Å²) in [6.45, 7) is 4.46. The number of piperidine rings is 1. The highest BCUT2D eigenvalue weighted by atomic mass is 32.2. The van der Waals surface area contributed by atoms with Crippen LogP contribution in [0, 0.1) is 12.8 Å². The average Bonchev–Trinajstić information content (AvgIpc) is 2.73. The fourth-order valence-corrected chi connectivity index (χ4v) is 5.03. The van der Waals surface area contributed by atoms with E-state index in [1.54, 1.807) is 12.1 Å². The Labute approximate surface area is 172 Å². The molecule has 1 amide bonds. The molecule has 2 aromatic rings. The van der Waals surface area contributed by atoms with Crippen molar-refractivity contribution >= 4 is 21.7 Å². The number of nitrogens with one attached hydrogen (secondary N) is 1. The molecule has 29 heavy (non-hydrogen) atoms. The second-order valence-corrected chi connectivity index (χ2v) is 9.34. The lowest BCUT2D eigenvalue weighted by Gasteiger charge is -2.30. The van der Waals surface area contributed by atoms with Crippen LogP contribution >= 0.6 is 0 Å². The summed E-state index contributed by atoms with van der Waals surface area (Å²) in [6.07, 6.45) is 0.955. The van der Waals surface area contributed by atoms with Crippen molar-refractivity contribution in [2.24, 2.45) is 5.92 Å². The first-order valence-electron chi connectivity index (χ1n) is 9.72. The van der Waals surface area contributed by atoms with Crippen LogP contribution in [0.2, 0.25) is 0 Å². The van der Waals surface area contributed by atoms with Gasteiger partial charge in [-0.1, -0.05) is 36.4 Å².